The minimum Gasteiger partial charge on any atom is -0.458 e. The van der Waals surface area contributed by atoms with Crippen LogP contribution >= 0.6 is 0 Å². The third-order valence-electron chi connectivity index (χ3n) is 9.87. The molecule has 0 saturated carbocycles. The Hall–Kier alpha value is -6.26. The van der Waals surface area contributed by atoms with E-state index in [1.807, 2.05) is 0 Å². The van der Waals surface area contributed by atoms with Crippen LogP contribution in [0, 0.1) is 0 Å². The fourth-order valence-corrected chi connectivity index (χ4v) is 7.92. The van der Waals surface area contributed by atoms with Crippen molar-refractivity contribution in [3.8, 4) is 11.5 Å². The largest absolute Gasteiger partial charge is 0.458 e. The Morgan fingerprint density at radius 3 is 1.77 bits per heavy atom. The molecule has 10 rings (SSSR count). The number of hydrogen-bond donors (Lipinski definition) is 0. The Balaban J connectivity index is 1.36. The molecule has 2 aliphatic heterocycles. The van der Waals surface area contributed by atoms with Gasteiger partial charge in [-0.2, -0.15) is 0 Å². The highest BCUT2D eigenvalue weighted by atomic mass is 16.5. The molecule has 48 heavy (non-hydrogen) atoms. The van der Waals surface area contributed by atoms with Crippen LogP contribution in [0.25, 0.3) is 21.5 Å². The minimum absolute atomic E-state index is 0.0261. The van der Waals surface area contributed by atoms with Gasteiger partial charge in [-0.15, -0.1) is 0 Å². The van der Waals surface area contributed by atoms with Gasteiger partial charge in [0.05, 0.1) is 5.69 Å². The molecule has 2 aliphatic rings. The summed E-state index contributed by atoms with van der Waals surface area (Å²) in [5.41, 5.74) is 10.5. The van der Waals surface area contributed by atoms with Crippen LogP contribution < -0.4 is 30.9 Å². The van der Waals surface area contributed by atoms with Gasteiger partial charge in [0.15, 0.2) is 0 Å². The summed E-state index contributed by atoms with van der Waals surface area (Å²) in [7, 11) is 0. The van der Waals surface area contributed by atoms with Gasteiger partial charge >= 0.3 is 0 Å². The Morgan fingerprint density at radius 2 is 1.04 bits per heavy atom. The summed E-state index contributed by atoms with van der Waals surface area (Å²) in [6, 6.07) is 63.0. The average Bonchev–Trinajstić information content (AvgIpc) is 3.16. The molecule has 0 amide bonds. The molecule has 8 aromatic carbocycles. The molecule has 0 aliphatic carbocycles. The van der Waals surface area contributed by atoms with Crippen molar-refractivity contribution in [3.05, 3.63) is 176 Å². The number of nitrogens with zero attached hydrogens (tertiary/aromatic N) is 2. The van der Waals surface area contributed by atoms with Crippen molar-refractivity contribution in [2.24, 2.45) is 0 Å². The lowest BCUT2D eigenvalue weighted by Gasteiger charge is -2.41. The Labute approximate surface area is 280 Å². The van der Waals surface area contributed by atoms with Crippen LogP contribution in [-0.2, 0) is 0 Å². The van der Waals surface area contributed by atoms with E-state index < -0.39 is 0 Å². The number of benzene rings is 8. The number of anilines is 6. The second kappa shape index (κ2) is 10.6. The van der Waals surface area contributed by atoms with Crippen molar-refractivity contribution in [3.63, 3.8) is 0 Å². The second-order valence-corrected chi connectivity index (χ2v) is 12.5. The quantitative estimate of drug-likeness (QED) is 0.184. The van der Waals surface area contributed by atoms with Gasteiger partial charge in [0, 0.05) is 33.8 Å². The molecule has 0 aromatic heterocycles. The third-order valence-corrected chi connectivity index (χ3v) is 9.87. The van der Waals surface area contributed by atoms with Crippen LogP contribution in [-0.4, -0.2) is 6.71 Å². The molecule has 8 aromatic rings. The van der Waals surface area contributed by atoms with E-state index in [1.165, 1.54) is 43.6 Å². The van der Waals surface area contributed by atoms with Crippen molar-refractivity contribution in [2.75, 3.05) is 9.80 Å². The first-order valence-electron chi connectivity index (χ1n) is 16.5. The van der Waals surface area contributed by atoms with Gasteiger partial charge in [0.2, 0.25) is 0 Å². The maximum Gasteiger partial charge on any atom is 0.258 e. The normalized spacial score (nSPS) is 12.7. The first-order chi connectivity index (χ1) is 23.8. The van der Waals surface area contributed by atoms with Crippen LogP contribution in [0.4, 0.5) is 34.1 Å². The monoisotopic (exact) mass is 612 g/mol. The van der Waals surface area contributed by atoms with Crippen molar-refractivity contribution in [2.45, 2.75) is 0 Å². The van der Waals surface area contributed by atoms with Gasteiger partial charge in [-0.3, -0.25) is 0 Å². The van der Waals surface area contributed by atoms with Gasteiger partial charge in [0.1, 0.15) is 11.5 Å². The molecule has 0 spiro atoms. The van der Waals surface area contributed by atoms with Crippen LogP contribution in [0.3, 0.4) is 0 Å². The summed E-state index contributed by atoms with van der Waals surface area (Å²) in [6.07, 6.45) is 0. The topological polar surface area (TPSA) is 15.7 Å². The predicted octanol–water partition coefficient (Wildman–Crippen LogP) is 9.87. The standard InChI is InChI=1S/C44H29BN2O/c1-4-16-31(17-5-1)46(32-18-6-2-7-19-32)38-29-39-42(36-24-13-12-23-35(36)38)45-43-34-22-11-10-15-30(34)27-28-41(43)48-40-26-14-25-37(44(40)45)47(39)33-20-8-3-9-21-33/h1-29H. The van der Waals surface area contributed by atoms with Gasteiger partial charge in [-0.05, 0) is 93.2 Å². The van der Waals surface area contributed by atoms with Gasteiger partial charge < -0.3 is 14.5 Å². The molecule has 224 valence electrons. The zero-order valence-corrected chi connectivity index (χ0v) is 26.1. The van der Waals surface area contributed by atoms with E-state index in [1.54, 1.807) is 0 Å². The van der Waals surface area contributed by atoms with E-state index in [-0.39, 0.29) is 6.71 Å². The number of rotatable bonds is 4. The van der Waals surface area contributed by atoms with E-state index in [9.17, 15) is 0 Å². The van der Waals surface area contributed by atoms with Crippen molar-refractivity contribution in [1.82, 2.24) is 0 Å². The molecule has 2 heterocycles. The number of hydrogen-bond acceptors (Lipinski definition) is 3. The molecule has 0 bridgehead atoms. The van der Waals surface area contributed by atoms with Crippen LogP contribution in [0.2, 0.25) is 0 Å². The van der Waals surface area contributed by atoms with Crippen molar-refractivity contribution < 1.29 is 4.74 Å². The molecular weight excluding hydrogens is 583 g/mol. The number of para-hydroxylation sites is 3. The molecule has 0 radical (unpaired) electrons. The van der Waals surface area contributed by atoms with E-state index in [2.05, 4.69) is 186 Å². The van der Waals surface area contributed by atoms with Gasteiger partial charge in [-0.25, -0.2) is 0 Å². The maximum absolute atomic E-state index is 6.79. The highest BCUT2D eigenvalue weighted by Gasteiger charge is 2.44. The van der Waals surface area contributed by atoms with Crippen LogP contribution in [0.1, 0.15) is 0 Å². The minimum atomic E-state index is -0.0261. The summed E-state index contributed by atoms with van der Waals surface area (Å²) in [5.74, 6) is 1.83. The molecular formula is C44H29BN2O. The summed E-state index contributed by atoms with van der Waals surface area (Å²) >= 11 is 0. The highest BCUT2D eigenvalue weighted by molar-refractivity contribution is 7.02. The molecule has 4 heteroatoms. The lowest BCUT2D eigenvalue weighted by molar-refractivity contribution is 0.488. The Morgan fingerprint density at radius 1 is 0.438 bits per heavy atom. The van der Waals surface area contributed by atoms with Crippen molar-refractivity contribution >= 4 is 78.8 Å². The van der Waals surface area contributed by atoms with E-state index in [0.717, 1.165) is 39.9 Å². The summed E-state index contributed by atoms with van der Waals surface area (Å²) in [6.45, 7) is -0.0261. The molecule has 3 nitrogen and oxygen atoms in total. The second-order valence-electron chi connectivity index (χ2n) is 12.5. The van der Waals surface area contributed by atoms with E-state index in [0.29, 0.717) is 0 Å². The van der Waals surface area contributed by atoms with Crippen LogP contribution in [0.15, 0.2) is 176 Å². The Bertz CT molecular complexity index is 2460. The molecule has 0 atom stereocenters. The zero-order valence-electron chi connectivity index (χ0n) is 26.1. The molecule has 0 fully saturated rings. The molecule has 0 saturated heterocycles. The van der Waals surface area contributed by atoms with E-state index >= 15 is 0 Å². The van der Waals surface area contributed by atoms with E-state index in [4.69, 9.17) is 4.74 Å². The number of fused-ring (bicyclic) bond motifs is 8. The summed E-state index contributed by atoms with van der Waals surface area (Å²) in [5, 5.41) is 4.87. The zero-order chi connectivity index (χ0) is 31.6. The van der Waals surface area contributed by atoms with Crippen molar-refractivity contribution in [1.29, 1.82) is 0 Å². The first kappa shape index (κ1) is 26.9. The Kier molecular flexibility index (Phi) is 5.97. The molecule has 0 unspecified atom stereocenters. The summed E-state index contributed by atoms with van der Waals surface area (Å²) in [4.78, 5) is 4.83. The lowest BCUT2D eigenvalue weighted by atomic mass is 9.33. The first-order valence-corrected chi connectivity index (χ1v) is 16.5. The molecule has 0 N–H and O–H groups in total. The van der Waals surface area contributed by atoms with Crippen LogP contribution in [0.5, 0.6) is 11.5 Å². The smallest absolute Gasteiger partial charge is 0.258 e. The lowest BCUT2D eigenvalue weighted by Crippen LogP contribution is -2.60. The highest BCUT2D eigenvalue weighted by Crippen LogP contribution is 2.47. The number of ether oxygens (including phenoxy) is 1. The summed E-state index contributed by atoms with van der Waals surface area (Å²) < 4.78 is 6.79. The third kappa shape index (κ3) is 3.96. The van der Waals surface area contributed by atoms with Gasteiger partial charge in [-0.1, -0.05) is 115 Å². The van der Waals surface area contributed by atoms with Gasteiger partial charge in [0.25, 0.3) is 6.71 Å². The predicted molar refractivity (Wildman–Crippen MR) is 202 cm³/mol. The maximum atomic E-state index is 6.79. The fraction of sp³-hybridized carbons (Fsp3) is 0. The average molecular weight is 613 g/mol. The fourth-order valence-electron chi connectivity index (χ4n) is 7.92. The SMILES string of the molecule is c1ccc(N2c3cccc4c3B(c3c(ccc5ccccc35)O4)c3c2cc(N(c2ccccc2)c2ccccc2)c2ccccc32)cc1.